The van der Waals surface area contributed by atoms with Gasteiger partial charge >= 0.3 is 0 Å². The average molecular weight is 280 g/mol. The normalized spacial score (nSPS) is 29.6. The van der Waals surface area contributed by atoms with E-state index in [0.29, 0.717) is 5.41 Å². The lowest BCUT2D eigenvalue weighted by Gasteiger charge is -2.29. The molecule has 2 rings (SSSR count). The second kappa shape index (κ2) is 7.79. The first-order valence-corrected chi connectivity index (χ1v) is 9.01. The van der Waals surface area contributed by atoms with Crippen molar-refractivity contribution in [2.45, 2.75) is 78.2 Å². The van der Waals surface area contributed by atoms with Gasteiger partial charge in [-0.25, -0.2) is 0 Å². The van der Waals surface area contributed by atoms with Crippen LogP contribution in [0.5, 0.6) is 0 Å². The van der Waals surface area contributed by atoms with E-state index >= 15 is 0 Å². The molecule has 0 spiro atoms. The van der Waals surface area contributed by atoms with Gasteiger partial charge in [0.1, 0.15) is 0 Å². The first kappa shape index (κ1) is 16.3. The standard InChI is InChI=1S/C18H36N2/c1-18(2,3)16-8-6-9-17(11-10-16)19-12-7-15-20-13-4-5-14-20/h16-17,19H,4-15H2,1-3H3. The van der Waals surface area contributed by atoms with Gasteiger partial charge in [-0.05, 0) is 82.5 Å². The number of rotatable bonds is 5. The van der Waals surface area contributed by atoms with Gasteiger partial charge in [0.05, 0.1) is 0 Å². The van der Waals surface area contributed by atoms with E-state index in [0.717, 1.165) is 12.0 Å². The highest BCUT2D eigenvalue weighted by atomic mass is 15.1. The van der Waals surface area contributed by atoms with Crippen LogP contribution in [0.25, 0.3) is 0 Å². The highest BCUT2D eigenvalue weighted by molar-refractivity contribution is 4.81. The molecule has 0 amide bonds. The Morgan fingerprint density at radius 3 is 2.40 bits per heavy atom. The minimum Gasteiger partial charge on any atom is -0.314 e. The molecule has 0 aromatic rings. The summed E-state index contributed by atoms with van der Waals surface area (Å²) in [4.78, 5) is 2.63. The summed E-state index contributed by atoms with van der Waals surface area (Å²) in [6.45, 7) is 12.5. The van der Waals surface area contributed by atoms with Gasteiger partial charge in [0.25, 0.3) is 0 Å². The molecule has 1 N–H and O–H groups in total. The van der Waals surface area contributed by atoms with Gasteiger partial charge < -0.3 is 10.2 Å². The van der Waals surface area contributed by atoms with E-state index in [2.05, 4.69) is 31.0 Å². The molecular formula is C18H36N2. The van der Waals surface area contributed by atoms with E-state index in [9.17, 15) is 0 Å². The predicted molar refractivity (Wildman–Crippen MR) is 88.1 cm³/mol. The van der Waals surface area contributed by atoms with Crippen LogP contribution in [0, 0.1) is 11.3 Å². The third kappa shape index (κ3) is 5.37. The molecule has 0 bridgehead atoms. The average Bonchev–Trinajstić information content (AvgIpc) is 2.77. The maximum atomic E-state index is 3.83. The Bertz CT molecular complexity index is 263. The maximum Gasteiger partial charge on any atom is 0.00671 e. The minimum absolute atomic E-state index is 0.505. The summed E-state index contributed by atoms with van der Waals surface area (Å²) in [7, 11) is 0. The Morgan fingerprint density at radius 1 is 0.950 bits per heavy atom. The van der Waals surface area contributed by atoms with Crippen molar-refractivity contribution in [1.29, 1.82) is 0 Å². The van der Waals surface area contributed by atoms with Gasteiger partial charge in [0, 0.05) is 6.04 Å². The number of hydrogen-bond donors (Lipinski definition) is 1. The molecule has 1 saturated carbocycles. The van der Waals surface area contributed by atoms with Crippen molar-refractivity contribution >= 4 is 0 Å². The molecule has 20 heavy (non-hydrogen) atoms. The van der Waals surface area contributed by atoms with Crippen LogP contribution in [-0.2, 0) is 0 Å². The second-order valence-electron chi connectivity index (χ2n) is 8.12. The van der Waals surface area contributed by atoms with E-state index in [1.165, 1.54) is 77.5 Å². The molecule has 0 aromatic heterocycles. The minimum atomic E-state index is 0.505. The van der Waals surface area contributed by atoms with Gasteiger partial charge in [-0.3, -0.25) is 0 Å². The van der Waals surface area contributed by atoms with Crippen molar-refractivity contribution in [3.8, 4) is 0 Å². The van der Waals surface area contributed by atoms with Crippen LogP contribution < -0.4 is 5.32 Å². The fourth-order valence-corrected chi connectivity index (χ4v) is 3.99. The Hall–Kier alpha value is -0.0800. The van der Waals surface area contributed by atoms with Crippen LogP contribution in [-0.4, -0.2) is 37.1 Å². The van der Waals surface area contributed by atoms with Crippen LogP contribution >= 0.6 is 0 Å². The van der Waals surface area contributed by atoms with Gasteiger partial charge in [-0.15, -0.1) is 0 Å². The molecule has 1 aliphatic heterocycles. The summed E-state index contributed by atoms with van der Waals surface area (Å²) >= 11 is 0. The molecule has 2 aliphatic rings. The van der Waals surface area contributed by atoms with Crippen molar-refractivity contribution < 1.29 is 0 Å². The molecular weight excluding hydrogens is 244 g/mol. The molecule has 2 heteroatoms. The Kier molecular flexibility index (Phi) is 6.35. The van der Waals surface area contributed by atoms with Crippen molar-refractivity contribution in [3.63, 3.8) is 0 Å². The Balaban J connectivity index is 1.59. The molecule has 118 valence electrons. The van der Waals surface area contributed by atoms with E-state index in [-0.39, 0.29) is 0 Å². The Morgan fingerprint density at radius 2 is 1.70 bits per heavy atom. The monoisotopic (exact) mass is 280 g/mol. The molecule has 2 atom stereocenters. The highest BCUT2D eigenvalue weighted by Crippen LogP contribution is 2.36. The quantitative estimate of drug-likeness (QED) is 0.603. The molecule has 1 saturated heterocycles. The van der Waals surface area contributed by atoms with Crippen LogP contribution in [0.4, 0.5) is 0 Å². The third-order valence-electron chi connectivity index (χ3n) is 5.48. The van der Waals surface area contributed by atoms with E-state index in [1.54, 1.807) is 0 Å². The highest BCUT2D eigenvalue weighted by Gasteiger charge is 2.27. The van der Waals surface area contributed by atoms with Crippen LogP contribution in [0.15, 0.2) is 0 Å². The molecule has 2 unspecified atom stereocenters. The lowest BCUT2D eigenvalue weighted by Crippen LogP contribution is -2.32. The van der Waals surface area contributed by atoms with Crippen LogP contribution in [0.2, 0.25) is 0 Å². The Labute approximate surface area is 126 Å². The van der Waals surface area contributed by atoms with Crippen molar-refractivity contribution in [2.75, 3.05) is 26.2 Å². The van der Waals surface area contributed by atoms with Gasteiger partial charge in [0.15, 0.2) is 0 Å². The van der Waals surface area contributed by atoms with Gasteiger partial charge in [-0.1, -0.05) is 27.2 Å². The number of hydrogen-bond acceptors (Lipinski definition) is 2. The summed E-state index contributed by atoms with van der Waals surface area (Å²) < 4.78 is 0. The molecule has 0 aromatic carbocycles. The molecule has 0 radical (unpaired) electrons. The fraction of sp³-hybridized carbons (Fsp3) is 1.00. The first-order chi connectivity index (χ1) is 9.55. The molecule has 1 heterocycles. The van der Waals surface area contributed by atoms with Gasteiger partial charge in [0.2, 0.25) is 0 Å². The number of nitrogens with one attached hydrogen (secondary N) is 1. The van der Waals surface area contributed by atoms with E-state index in [1.807, 2.05) is 0 Å². The van der Waals surface area contributed by atoms with E-state index in [4.69, 9.17) is 0 Å². The summed E-state index contributed by atoms with van der Waals surface area (Å²) in [5.74, 6) is 0.930. The number of nitrogens with zero attached hydrogens (tertiary/aromatic N) is 1. The van der Waals surface area contributed by atoms with Gasteiger partial charge in [-0.2, -0.15) is 0 Å². The summed E-state index contributed by atoms with van der Waals surface area (Å²) in [6.07, 6.45) is 11.3. The zero-order valence-corrected chi connectivity index (χ0v) is 14.1. The molecule has 2 nitrogen and oxygen atoms in total. The molecule has 1 aliphatic carbocycles. The fourth-order valence-electron chi connectivity index (χ4n) is 3.99. The third-order valence-corrected chi connectivity index (χ3v) is 5.48. The topological polar surface area (TPSA) is 15.3 Å². The largest absolute Gasteiger partial charge is 0.314 e. The van der Waals surface area contributed by atoms with Crippen LogP contribution in [0.1, 0.15) is 72.1 Å². The zero-order valence-electron chi connectivity index (χ0n) is 14.1. The summed E-state index contributed by atoms with van der Waals surface area (Å²) in [5, 5.41) is 3.83. The summed E-state index contributed by atoms with van der Waals surface area (Å²) in [5.41, 5.74) is 0.505. The van der Waals surface area contributed by atoms with Crippen molar-refractivity contribution in [1.82, 2.24) is 10.2 Å². The predicted octanol–water partition coefficient (Wildman–Crippen LogP) is 4.06. The van der Waals surface area contributed by atoms with Crippen molar-refractivity contribution in [2.24, 2.45) is 11.3 Å². The van der Waals surface area contributed by atoms with Crippen LogP contribution in [0.3, 0.4) is 0 Å². The zero-order chi connectivity index (χ0) is 14.4. The second-order valence-corrected chi connectivity index (χ2v) is 8.12. The van der Waals surface area contributed by atoms with Crippen molar-refractivity contribution in [3.05, 3.63) is 0 Å². The lowest BCUT2D eigenvalue weighted by atomic mass is 9.76. The first-order valence-electron chi connectivity index (χ1n) is 9.01. The molecule has 2 fully saturated rings. The smallest absolute Gasteiger partial charge is 0.00671 e. The maximum absolute atomic E-state index is 3.83. The SMILES string of the molecule is CC(C)(C)C1CCCC(NCCCN2CCCC2)CC1. The summed E-state index contributed by atoms with van der Waals surface area (Å²) in [6, 6.07) is 0.793. The van der Waals surface area contributed by atoms with E-state index < -0.39 is 0 Å². The number of likely N-dealkylation sites (tertiary alicyclic amines) is 1. The lowest BCUT2D eigenvalue weighted by molar-refractivity contribution is 0.213.